The molecule has 0 bridgehead atoms. The van der Waals surface area contributed by atoms with Gasteiger partial charge in [-0.05, 0) is 60.4 Å². The van der Waals surface area contributed by atoms with Gasteiger partial charge in [-0.2, -0.15) is 0 Å². The van der Waals surface area contributed by atoms with Crippen LogP contribution in [-0.4, -0.2) is 29.9 Å². The number of thiophene rings is 1. The third-order valence-corrected chi connectivity index (χ3v) is 12.6. The van der Waals surface area contributed by atoms with Crippen LogP contribution >= 0.6 is 11.3 Å². The highest BCUT2D eigenvalue weighted by molar-refractivity contribution is 7.27. The Bertz CT molecular complexity index is 3120. The normalized spacial score (nSPS) is 11.3. The molecule has 11 aromatic rings. The lowest BCUT2D eigenvalue weighted by Gasteiger charge is -2.13. The Morgan fingerprint density at radius 1 is 0.270 bits per heavy atom. The summed E-state index contributed by atoms with van der Waals surface area (Å²) < 4.78 is 2.40. The van der Waals surface area contributed by atoms with E-state index >= 15 is 0 Å². The number of hydrogen-bond donors (Lipinski definition) is 0. The van der Waals surface area contributed by atoms with E-state index in [1.54, 1.807) is 0 Å². The maximum Gasteiger partial charge on any atom is 0.164 e. The fourth-order valence-corrected chi connectivity index (χ4v) is 9.67. The molecule has 7 heteroatoms. The van der Waals surface area contributed by atoms with Crippen LogP contribution in [0.3, 0.4) is 0 Å². The first kappa shape index (κ1) is 38.0. The van der Waals surface area contributed by atoms with Crippen LogP contribution < -0.4 is 0 Å². The number of hydrogen-bond acceptors (Lipinski definition) is 7. The van der Waals surface area contributed by atoms with Crippen molar-refractivity contribution >= 4 is 31.5 Å². The number of aromatic nitrogens is 6. The third kappa shape index (κ3) is 7.24. The lowest BCUT2D eigenvalue weighted by molar-refractivity contribution is 1.07. The van der Waals surface area contributed by atoms with Gasteiger partial charge in [-0.1, -0.05) is 170 Å². The summed E-state index contributed by atoms with van der Waals surface area (Å²) in [4.78, 5) is 30.6. The van der Waals surface area contributed by atoms with E-state index in [2.05, 4.69) is 86.6 Å². The van der Waals surface area contributed by atoms with Gasteiger partial charge in [0.15, 0.2) is 34.9 Å². The lowest BCUT2D eigenvalue weighted by atomic mass is 9.93. The van der Waals surface area contributed by atoms with E-state index < -0.39 is 0 Å². The Labute approximate surface area is 369 Å². The molecule has 0 spiro atoms. The van der Waals surface area contributed by atoms with Gasteiger partial charge in [0.1, 0.15) is 0 Å². The highest BCUT2D eigenvalue weighted by atomic mass is 32.1. The van der Waals surface area contributed by atoms with Gasteiger partial charge in [0.2, 0.25) is 0 Å². The van der Waals surface area contributed by atoms with Gasteiger partial charge in [0.25, 0.3) is 0 Å². The summed E-state index contributed by atoms with van der Waals surface area (Å²) >= 11 is 1.82. The number of aryl methyl sites for hydroxylation is 2. The predicted octanol–water partition coefficient (Wildman–Crippen LogP) is 14.4. The molecule has 3 heterocycles. The molecular formula is C56H38N6S. The summed E-state index contributed by atoms with van der Waals surface area (Å²) in [6, 6.07) is 66.8. The summed E-state index contributed by atoms with van der Waals surface area (Å²) in [6.45, 7) is 4.36. The van der Waals surface area contributed by atoms with Gasteiger partial charge in [0, 0.05) is 64.7 Å². The van der Waals surface area contributed by atoms with Crippen molar-refractivity contribution in [1.29, 1.82) is 0 Å². The smallest absolute Gasteiger partial charge is 0.164 e. The Morgan fingerprint density at radius 3 is 0.857 bits per heavy atom. The molecule has 11 rings (SSSR count). The zero-order valence-corrected chi connectivity index (χ0v) is 35.4. The minimum Gasteiger partial charge on any atom is -0.208 e. The van der Waals surface area contributed by atoms with Crippen LogP contribution in [0.4, 0.5) is 0 Å². The van der Waals surface area contributed by atoms with E-state index in [1.807, 2.05) is 133 Å². The van der Waals surface area contributed by atoms with Crippen molar-refractivity contribution in [2.45, 2.75) is 13.8 Å². The van der Waals surface area contributed by atoms with Crippen LogP contribution in [0.25, 0.3) is 111 Å². The Morgan fingerprint density at radius 2 is 0.540 bits per heavy atom. The SMILES string of the molecule is Cc1cc(-c2ccccc2-c2nc(-c3ccccc3)nc(-c3ccccc3)n2)c2sc3c(-c4ccccc4-c4nc(-c5ccccc5)nc(-c5ccccc5)n4)cc(C)cc3c2c1. The summed E-state index contributed by atoms with van der Waals surface area (Å²) in [5, 5.41) is 2.43. The first-order valence-electron chi connectivity index (χ1n) is 20.9. The third-order valence-electron chi connectivity index (χ3n) is 11.3. The minimum atomic E-state index is 0.627. The monoisotopic (exact) mass is 826 g/mol. The number of rotatable bonds is 8. The van der Waals surface area contributed by atoms with Crippen LogP contribution in [-0.2, 0) is 0 Å². The lowest BCUT2D eigenvalue weighted by Crippen LogP contribution is -2.01. The zero-order chi connectivity index (χ0) is 42.3. The summed E-state index contributed by atoms with van der Waals surface area (Å²) in [7, 11) is 0. The second kappa shape index (κ2) is 16.1. The summed E-state index contributed by atoms with van der Waals surface area (Å²) in [5.41, 5.74) is 12.4. The number of nitrogens with zero attached hydrogens (tertiary/aromatic N) is 6. The van der Waals surface area contributed by atoms with Gasteiger partial charge in [-0.25, -0.2) is 29.9 Å². The predicted molar refractivity (Wildman–Crippen MR) is 259 cm³/mol. The Kier molecular flexibility index (Phi) is 9.71. The van der Waals surface area contributed by atoms with Crippen LogP contribution in [0.5, 0.6) is 0 Å². The summed E-state index contributed by atoms with van der Waals surface area (Å²) in [6.07, 6.45) is 0. The number of benzene rings is 8. The van der Waals surface area contributed by atoms with Crippen LogP contribution in [0, 0.1) is 13.8 Å². The maximum absolute atomic E-state index is 5.15. The van der Waals surface area contributed by atoms with Crippen molar-refractivity contribution in [3.8, 4) is 90.6 Å². The molecule has 3 aromatic heterocycles. The molecule has 0 atom stereocenters. The molecule has 0 aliphatic rings. The molecule has 0 saturated carbocycles. The van der Waals surface area contributed by atoms with Crippen molar-refractivity contribution in [3.05, 3.63) is 205 Å². The highest BCUT2D eigenvalue weighted by Crippen LogP contribution is 2.48. The van der Waals surface area contributed by atoms with E-state index in [4.69, 9.17) is 29.9 Å². The van der Waals surface area contributed by atoms with E-state index in [0.29, 0.717) is 34.9 Å². The molecule has 0 saturated heterocycles. The quantitative estimate of drug-likeness (QED) is 0.152. The van der Waals surface area contributed by atoms with Crippen molar-refractivity contribution in [2.75, 3.05) is 0 Å². The molecule has 6 nitrogen and oxygen atoms in total. The van der Waals surface area contributed by atoms with Gasteiger partial charge < -0.3 is 0 Å². The Balaban J connectivity index is 1.11. The maximum atomic E-state index is 5.15. The second-order valence-corrected chi connectivity index (χ2v) is 16.7. The van der Waals surface area contributed by atoms with Crippen LogP contribution in [0.1, 0.15) is 11.1 Å². The van der Waals surface area contributed by atoms with Gasteiger partial charge in [-0.15, -0.1) is 11.3 Å². The van der Waals surface area contributed by atoms with Crippen LogP contribution in [0.15, 0.2) is 194 Å². The second-order valence-electron chi connectivity index (χ2n) is 15.6. The van der Waals surface area contributed by atoms with Crippen molar-refractivity contribution in [2.24, 2.45) is 0 Å². The molecule has 0 N–H and O–H groups in total. The summed E-state index contributed by atoms with van der Waals surface area (Å²) in [5.74, 6) is 3.79. The van der Waals surface area contributed by atoms with E-state index in [-0.39, 0.29) is 0 Å². The fraction of sp³-hybridized carbons (Fsp3) is 0.0357. The first-order chi connectivity index (χ1) is 31.0. The minimum absolute atomic E-state index is 0.627. The largest absolute Gasteiger partial charge is 0.208 e. The standard InChI is InChI=1S/C56H38N6S/c1-35-31-45(41-27-15-17-29-43(41)55-59-51(37-19-7-3-8-20-37)57-52(60-55)38-21-9-4-10-22-38)49-47(33-35)48-34-36(2)32-46(50(48)63-49)42-28-16-18-30-44(42)56-61-53(39-23-11-5-12-24-39)58-54(62-56)40-25-13-6-14-26-40/h3-34H,1-2H3. The van der Waals surface area contributed by atoms with Crippen molar-refractivity contribution in [1.82, 2.24) is 29.9 Å². The zero-order valence-electron chi connectivity index (χ0n) is 34.6. The van der Waals surface area contributed by atoms with E-state index in [0.717, 1.165) is 55.6 Å². The molecule has 0 aliphatic carbocycles. The molecule has 0 amide bonds. The van der Waals surface area contributed by atoms with Gasteiger partial charge in [0.05, 0.1) is 0 Å². The molecule has 0 radical (unpaired) electrons. The molecule has 0 fully saturated rings. The van der Waals surface area contributed by atoms with Crippen molar-refractivity contribution in [3.63, 3.8) is 0 Å². The molecular weight excluding hydrogens is 789 g/mol. The average Bonchev–Trinajstić information content (AvgIpc) is 3.72. The first-order valence-corrected chi connectivity index (χ1v) is 21.8. The molecule has 63 heavy (non-hydrogen) atoms. The van der Waals surface area contributed by atoms with Gasteiger partial charge >= 0.3 is 0 Å². The molecule has 0 aliphatic heterocycles. The van der Waals surface area contributed by atoms with Crippen LogP contribution in [0.2, 0.25) is 0 Å². The van der Waals surface area contributed by atoms with Crippen molar-refractivity contribution < 1.29 is 0 Å². The van der Waals surface area contributed by atoms with Gasteiger partial charge in [-0.3, -0.25) is 0 Å². The fourth-order valence-electron chi connectivity index (χ4n) is 8.35. The Hall–Kier alpha value is -8.00. The average molecular weight is 827 g/mol. The number of fused-ring (bicyclic) bond motifs is 3. The molecule has 8 aromatic carbocycles. The molecule has 0 unspecified atom stereocenters. The molecule has 298 valence electrons. The van der Waals surface area contributed by atoms with E-state index in [9.17, 15) is 0 Å². The van der Waals surface area contributed by atoms with E-state index in [1.165, 1.54) is 31.3 Å². The topological polar surface area (TPSA) is 77.3 Å². The highest BCUT2D eigenvalue weighted by Gasteiger charge is 2.22.